The number of rotatable bonds is 1. The van der Waals surface area contributed by atoms with Crippen LogP contribution in [0.3, 0.4) is 0 Å². The Bertz CT molecular complexity index is 771. The van der Waals surface area contributed by atoms with Crippen molar-refractivity contribution in [2.75, 3.05) is 0 Å². The summed E-state index contributed by atoms with van der Waals surface area (Å²) in [5.41, 5.74) is 2.08. The molecule has 0 N–H and O–H groups in total. The molecule has 3 rings (SSSR count). The minimum atomic E-state index is -0.0676. The number of nitrogens with zero attached hydrogens (tertiary/aromatic N) is 2. The van der Waals surface area contributed by atoms with E-state index in [0.29, 0.717) is 0 Å². The fourth-order valence-corrected chi connectivity index (χ4v) is 3.39. The molecule has 0 aliphatic heterocycles. The van der Waals surface area contributed by atoms with E-state index in [1.165, 1.54) is 15.6 Å². The Morgan fingerprint density at radius 2 is 1.90 bits per heavy atom. The van der Waals surface area contributed by atoms with Crippen LogP contribution in [0.2, 0.25) is 0 Å². The standard InChI is InChI=1S/C16H15BrN2S/c1-16(2,3)15-18-12(9-13(17)19-15)11-6-4-5-10-7-8-20-14(10)11/h4-9H,1-3H3. The van der Waals surface area contributed by atoms with Gasteiger partial charge in [0.15, 0.2) is 0 Å². The number of hydrogen-bond acceptors (Lipinski definition) is 3. The van der Waals surface area contributed by atoms with Crippen molar-refractivity contribution in [3.05, 3.63) is 46.1 Å². The van der Waals surface area contributed by atoms with Crippen molar-refractivity contribution in [1.82, 2.24) is 9.97 Å². The largest absolute Gasteiger partial charge is 0.232 e. The maximum atomic E-state index is 4.77. The highest BCUT2D eigenvalue weighted by molar-refractivity contribution is 9.10. The van der Waals surface area contributed by atoms with Gasteiger partial charge in [0.1, 0.15) is 10.4 Å². The smallest absolute Gasteiger partial charge is 0.135 e. The number of hydrogen-bond donors (Lipinski definition) is 0. The molecule has 0 aliphatic rings. The molecule has 0 saturated heterocycles. The Kier molecular flexibility index (Phi) is 3.38. The summed E-state index contributed by atoms with van der Waals surface area (Å²) in [5, 5.41) is 3.38. The van der Waals surface area contributed by atoms with Gasteiger partial charge in [0.2, 0.25) is 0 Å². The molecule has 0 radical (unpaired) electrons. The van der Waals surface area contributed by atoms with Crippen LogP contribution in [-0.2, 0) is 5.41 Å². The van der Waals surface area contributed by atoms with E-state index in [4.69, 9.17) is 4.98 Å². The number of fused-ring (bicyclic) bond motifs is 1. The molecule has 20 heavy (non-hydrogen) atoms. The number of aromatic nitrogens is 2. The first-order chi connectivity index (χ1) is 9.45. The third-order valence-corrected chi connectivity index (χ3v) is 4.49. The maximum absolute atomic E-state index is 4.77. The highest BCUT2D eigenvalue weighted by atomic mass is 79.9. The first kappa shape index (κ1) is 13.7. The van der Waals surface area contributed by atoms with Crippen molar-refractivity contribution in [3.8, 4) is 11.3 Å². The normalized spacial score (nSPS) is 12.0. The lowest BCUT2D eigenvalue weighted by Crippen LogP contribution is -2.16. The third kappa shape index (κ3) is 2.50. The fraction of sp³-hybridized carbons (Fsp3) is 0.250. The van der Waals surface area contributed by atoms with Crippen molar-refractivity contribution < 1.29 is 0 Å². The van der Waals surface area contributed by atoms with Crippen molar-refractivity contribution in [2.45, 2.75) is 26.2 Å². The Morgan fingerprint density at radius 3 is 2.65 bits per heavy atom. The first-order valence-electron chi connectivity index (χ1n) is 6.47. The van der Waals surface area contributed by atoms with Gasteiger partial charge in [-0.2, -0.15) is 0 Å². The Labute approximate surface area is 131 Å². The van der Waals surface area contributed by atoms with Crippen molar-refractivity contribution >= 4 is 37.4 Å². The average Bonchev–Trinajstić information content (AvgIpc) is 2.84. The van der Waals surface area contributed by atoms with Crippen LogP contribution >= 0.6 is 27.3 Å². The van der Waals surface area contributed by atoms with Gasteiger partial charge in [0.05, 0.1) is 5.69 Å². The van der Waals surface area contributed by atoms with E-state index in [9.17, 15) is 0 Å². The van der Waals surface area contributed by atoms with E-state index in [-0.39, 0.29) is 5.41 Å². The van der Waals surface area contributed by atoms with Gasteiger partial charge in [-0.1, -0.05) is 39.0 Å². The SMILES string of the molecule is CC(C)(C)c1nc(Br)cc(-c2cccc3ccsc23)n1. The zero-order valence-electron chi connectivity index (χ0n) is 11.6. The zero-order chi connectivity index (χ0) is 14.3. The number of thiophene rings is 1. The summed E-state index contributed by atoms with van der Waals surface area (Å²) in [7, 11) is 0. The van der Waals surface area contributed by atoms with Gasteiger partial charge in [0, 0.05) is 15.7 Å². The predicted octanol–water partition coefficient (Wildman–Crippen LogP) is 5.42. The summed E-state index contributed by atoms with van der Waals surface area (Å²) in [6.45, 7) is 6.39. The Hall–Kier alpha value is -1.26. The van der Waals surface area contributed by atoms with Crippen LogP contribution in [0.5, 0.6) is 0 Å². The van der Waals surface area contributed by atoms with E-state index in [1.807, 2.05) is 6.07 Å². The van der Waals surface area contributed by atoms with Gasteiger partial charge < -0.3 is 0 Å². The first-order valence-corrected chi connectivity index (χ1v) is 8.14. The monoisotopic (exact) mass is 346 g/mol. The van der Waals surface area contributed by atoms with Gasteiger partial charge in [0.25, 0.3) is 0 Å². The Morgan fingerprint density at radius 1 is 1.10 bits per heavy atom. The molecule has 3 aromatic rings. The van der Waals surface area contributed by atoms with Crippen LogP contribution in [0.1, 0.15) is 26.6 Å². The van der Waals surface area contributed by atoms with Crippen LogP contribution in [0.4, 0.5) is 0 Å². The lowest BCUT2D eigenvalue weighted by atomic mass is 9.95. The topological polar surface area (TPSA) is 25.8 Å². The van der Waals surface area contributed by atoms with Gasteiger partial charge >= 0.3 is 0 Å². The van der Waals surface area contributed by atoms with Crippen LogP contribution in [0.15, 0.2) is 40.3 Å². The van der Waals surface area contributed by atoms with Crippen LogP contribution in [0.25, 0.3) is 21.3 Å². The van der Waals surface area contributed by atoms with E-state index in [2.05, 4.69) is 71.3 Å². The molecule has 2 heterocycles. The summed E-state index contributed by atoms with van der Waals surface area (Å²) in [4.78, 5) is 9.28. The molecule has 2 aromatic heterocycles. The molecule has 2 nitrogen and oxygen atoms in total. The minimum Gasteiger partial charge on any atom is -0.232 e. The summed E-state index contributed by atoms with van der Waals surface area (Å²) in [6.07, 6.45) is 0. The summed E-state index contributed by atoms with van der Waals surface area (Å²) < 4.78 is 2.11. The predicted molar refractivity (Wildman–Crippen MR) is 89.3 cm³/mol. The van der Waals surface area contributed by atoms with E-state index < -0.39 is 0 Å². The van der Waals surface area contributed by atoms with Crippen molar-refractivity contribution in [3.63, 3.8) is 0 Å². The molecule has 0 saturated carbocycles. The average molecular weight is 347 g/mol. The quantitative estimate of drug-likeness (QED) is 0.550. The molecule has 0 amide bonds. The second kappa shape index (κ2) is 4.93. The van der Waals surface area contributed by atoms with Crippen molar-refractivity contribution in [1.29, 1.82) is 0 Å². The van der Waals surface area contributed by atoms with E-state index >= 15 is 0 Å². The molecular weight excluding hydrogens is 332 g/mol. The number of benzene rings is 1. The van der Waals surface area contributed by atoms with Gasteiger partial charge in [-0.25, -0.2) is 9.97 Å². The molecule has 102 valence electrons. The molecule has 4 heteroatoms. The van der Waals surface area contributed by atoms with E-state index in [0.717, 1.165) is 16.1 Å². The third-order valence-electron chi connectivity index (χ3n) is 3.12. The lowest BCUT2D eigenvalue weighted by Gasteiger charge is -2.17. The minimum absolute atomic E-state index is 0.0676. The molecule has 1 aromatic carbocycles. The Balaban J connectivity index is 2.24. The highest BCUT2D eigenvalue weighted by Gasteiger charge is 2.19. The molecule has 0 spiro atoms. The van der Waals surface area contributed by atoms with Crippen LogP contribution < -0.4 is 0 Å². The second-order valence-electron chi connectivity index (χ2n) is 5.79. The van der Waals surface area contributed by atoms with Gasteiger partial charge in [-0.3, -0.25) is 0 Å². The molecule has 0 atom stereocenters. The molecule has 0 bridgehead atoms. The number of halogens is 1. The summed E-state index contributed by atoms with van der Waals surface area (Å²) in [5.74, 6) is 0.857. The maximum Gasteiger partial charge on any atom is 0.135 e. The lowest BCUT2D eigenvalue weighted by molar-refractivity contribution is 0.544. The van der Waals surface area contributed by atoms with Crippen molar-refractivity contribution in [2.24, 2.45) is 0 Å². The molecule has 0 fully saturated rings. The zero-order valence-corrected chi connectivity index (χ0v) is 14.0. The fourth-order valence-electron chi connectivity index (χ4n) is 2.09. The second-order valence-corrected chi connectivity index (χ2v) is 7.52. The summed E-state index contributed by atoms with van der Waals surface area (Å²) >= 11 is 5.26. The molecule has 0 unspecified atom stereocenters. The molecular formula is C16H15BrN2S. The van der Waals surface area contributed by atoms with Gasteiger partial charge in [-0.05, 0) is 38.8 Å². The van der Waals surface area contributed by atoms with Gasteiger partial charge in [-0.15, -0.1) is 11.3 Å². The summed E-state index contributed by atoms with van der Waals surface area (Å²) in [6, 6.07) is 10.5. The van der Waals surface area contributed by atoms with E-state index in [1.54, 1.807) is 11.3 Å². The highest BCUT2D eigenvalue weighted by Crippen LogP contribution is 2.33. The van der Waals surface area contributed by atoms with Crippen LogP contribution in [-0.4, -0.2) is 9.97 Å². The molecule has 0 aliphatic carbocycles. The van der Waals surface area contributed by atoms with Crippen LogP contribution in [0, 0.1) is 0 Å².